The van der Waals surface area contributed by atoms with Crippen molar-refractivity contribution in [1.82, 2.24) is 14.9 Å². The molecule has 0 fully saturated rings. The molecule has 0 saturated carbocycles. The van der Waals surface area contributed by atoms with Crippen LogP contribution in [-0.4, -0.2) is 33.2 Å². The van der Waals surface area contributed by atoms with Crippen molar-refractivity contribution in [2.24, 2.45) is 0 Å². The molecule has 1 rings (SSSR count). The SMILES string of the molecule is CCC(O)CCNC(=O)c1snnc1C(C)C. The second-order valence-corrected chi connectivity index (χ2v) is 5.00. The molecule has 17 heavy (non-hydrogen) atoms. The predicted molar refractivity (Wildman–Crippen MR) is 67.2 cm³/mol. The topological polar surface area (TPSA) is 75.1 Å². The van der Waals surface area contributed by atoms with Crippen LogP contribution in [0.3, 0.4) is 0 Å². The number of rotatable bonds is 6. The van der Waals surface area contributed by atoms with E-state index in [9.17, 15) is 9.90 Å². The number of aliphatic hydroxyl groups excluding tert-OH is 1. The Morgan fingerprint density at radius 2 is 2.24 bits per heavy atom. The standard InChI is InChI=1S/C11H19N3O2S/c1-4-8(15)5-6-12-11(16)10-9(7(2)3)13-14-17-10/h7-8,15H,4-6H2,1-3H3,(H,12,16). The van der Waals surface area contributed by atoms with Gasteiger partial charge in [0.05, 0.1) is 11.8 Å². The highest BCUT2D eigenvalue weighted by molar-refractivity contribution is 7.08. The number of hydrogen-bond acceptors (Lipinski definition) is 5. The molecule has 6 heteroatoms. The zero-order valence-corrected chi connectivity index (χ0v) is 11.3. The molecule has 96 valence electrons. The summed E-state index contributed by atoms with van der Waals surface area (Å²) < 4.78 is 3.81. The summed E-state index contributed by atoms with van der Waals surface area (Å²) in [7, 11) is 0. The summed E-state index contributed by atoms with van der Waals surface area (Å²) in [5.41, 5.74) is 0.739. The summed E-state index contributed by atoms with van der Waals surface area (Å²) in [6.07, 6.45) is 0.931. The Balaban J connectivity index is 2.50. The van der Waals surface area contributed by atoms with E-state index >= 15 is 0 Å². The van der Waals surface area contributed by atoms with Crippen LogP contribution >= 0.6 is 11.5 Å². The van der Waals surface area contributed by atoms with Crippen LogP contribution in [0.15, 0.2) is 0 Å². The molecule has 0 aliphatic rings. The van der Waals surface area contributed by atoms with Crippen molar-refractivity contribution in [2.45, 2.75) is 45.6 Å². The maximum absolute atomic E-state index is 11.8. The van der Waals surface area contributed by atoms with Crippen molar-refractivity contribution in [3.05, 3.63) is 10.6 Å². The Morgan fingerprint density at radius 3 is 2.82 bits per heavy atom. The van der Waals surface area contributed by atoms with Crippen LogP contribution in [0.2, 0.25) is 0 Å². The summed E-state index contributed by atoms with van der Waals surface area (Å²) in [5, 5.41) is 16.1. The first-order chi connectivity index (χ1) is 8.06. The van der Waals surface area contributed by atoms with Crippen LogP contribution < -0.4 is 5.32 Å². The maximum atomic E-state index is 11.8. The molecular weight excluding hydrogens is 238 g/mol. The van der Waals surface area contributed by atoms with Gasteiger partial charge in [0.1, 0.15) is 4.88 Å². The average Bonchev–Trinajstić information content (AvgIpc) is 2.77. The molecular formula is C11H19N3O2S. The summed E-state index contributed by atoms with van der Waals surface area (Å²) in [6.45, 7) is 6.35. The lowest BCUT2D eigenvalue weighted by atomic mass is 10.1. The Kier molecular flexibility index (Phi) is 5.50. The lowest BCUT2D eigenvalue weighted by molar-refractivity contribution is 0.0944. The molecule has 0 bridgehead atoms. The van der Waals surface area contributed by atoms with Crippen LogP contribution in [0.25, 0.3) is 0 Å². The number of nitrogens with zero attached hydrogens (tertiary/aromatic N) is 2. The van der Waals surface area contributed by atoms with Gasteiger partial charge in [-0.05, 0) is 30.3 Å². The zero-order valence-electron chi connectivity index (χ0n) is 10.4. The van der Waals surface area contributed by atoms with Crippen LogP contribution in [0.5, 0.6) is 0 Å². The van der Waals surface area contributed by atoms with Crippen LogP contribution in [0.4, 0.5) is 0 Å². The van der Waals surface area contributed by atoms with E-state index in [4.69, 9.17) is 0 Å². The molecule has 2 N–H and O–H groups in total. The highest BCUT2D eigenvalue weighted by Gasteiger charge is 2.18. The Labute approximate surface area is 105 Å². The van der Waals surface area contributed by atoms with Crippen molar-refractivity contribution < 1.29 is 9.90 Å². The zero-order chi connectivity index (χ0) is 12.8. The fourth-order valence-electron chi connectivity index (χ4n) is 1.37. The number of hydrogen-bond donors (Lipinski definition) is 2. The predicted octanol–water partition coefficient (Wildman–Crippen LogP) is 1.55. The number of aromatic nitrogens is 2. The first kappa shape index (κ1) is 14.1. The van der Waals surface area contributed by atoms with E-state index in [0.717, 1.165) is 17.2 Å². The monoisotopic (exact) mass is 257 g/mol. The Morgan fingerprint density at radius 1 is 1.53 bits per heavy atom. The Bertz CT molecular complexity index is 365. The quantitative estimate of drug-likeness (QED) is 0.811. The third-order valence-corrected chi connectivity index (χ3v) is 3.24. The minimum Gasteiger partial charge on any atom is -0.393 e. The van der Waals surface area contributed by atoms with Gasteiger partial charge < -0.3 is 10.4 Å². The highest BCUT2D eigenvalue weighted by Crippen LogP contribution is 2.19. The van der Waals surface area contributed by atoms with Gasteiger partial charge in [-0.15, -0.1) is 5.10 Å². The molecule has 0 radical (unpaired) electrons. The maximum Gasteiger partial charge on any atom is 0.264 e. The van der Waals surface area contributed by atoms with Gasteiger partial charge in [0.25, 0.3) is 5.91 Å². The molecule has 1 unspecified atom stereocenters. The second-order valence-electron chi connectivity index (χ2n) is 4.25. The number of carbonyl (C=O) groups is 1. The van der Waals surface area contributed by atoms with Crippen molar-refractivity contribution in [1.29, 1.82) is 0 Å². The third-order valence-electron chi connectivity index (χ3n) is 2.50. The molecule has 1 heterocycles. The van der Waals surface area contributed by atoms with Crippen LogP contribution in [0, 0.1) is 0 Å². The smallest absolute Gasteiger partial charge is 0.264 e. The van der Waals surface area contributed by atoms with E-state index in [1.54, 1.807) is 0 Å². The van der Waals surface area contributed by atoms with Crippen molar-refractivity contribution in [3.63, 3.8) is 0 Å². The molecule has 1 aromatic heterocycles. The van der Waals surface area contributed by atoms with Gasteiger partial charge in [0, 0.05) is 6.54 Å². The molecule has 0 aliphatic heterocycles. The van der Waals surface area contributed by atoms with E-state index in [1.165, 1.54) is 0 Å². The van der Waals surface area contributed by atoms with E-state index in [-0.39, 0.29) is 17.9 Å². The lowest BCUT2D eigenvalue weighted by Gasteiger charge is -2.09. The first-order valence-corrected chi connectivity index (χ1v) is 6.62. The van der Waals surface area contributed by atoms with E-state index < -0.39 is 0 Å². The van der Waals surface area contributed by atoms with Gasteiger partial charge in [-0.2, -0.15) is 0 Å². The van der Waals surface area contributed by atoms with Gasteiger partial charge in [-0.1, -0.05) is 25.3 Å². The number of carbonyl (C=O) groups excluding carboxylic acids is 1. The van der Waals surface area contributed by atoms with Gasteiger partial charge in [0.2, 0.25) is 0 Å². The number of nitrogens with one attached hydrogen (secondary N) is 1. The molecule has 1 aromatic rings. The normalized spacial score (nSPS) is 12.8. The fourth-order valence-corrected chi connectivity index (χ4v) is 2.11. The minimum atomic E-state index is -0.348. The molecule has 0 saturated heterocycles. The molecule has 0 aliphatic carbocycles. The molecule has 0 spiro atoms. The fraction of sp³-hybridized carbons (Fsp3) is 0.727. The van der Waals surface area contributed by atoms with Gasteiger partial charge in [-0.25, -0.2) is 0 Å². The molecule has 0 aromatic carbocycles. The molecule has 1 amide bonds. The van der Waals surface area contributed by atoms with Gasteiger partial charge >= 0.3 is 0 Å². The number of aliphatic hydroxyl groups is 1. The molecule has 5 nitrogen and oxygen atoms in total. The summed E-state index contributed by atoms with van der Waals surface area (Å²) >= 11 is 1.11. The van der Waals surface area contributed by atoms with Gasteiger partial charge in [0.15, 0.2) is 0 Å². The third kappa shape index (κ3) is 4.05. The van der Waals surface area contributed by atoms with E-state index in [1.807, 2.05) is 20.8 Å². The van der Waals surface area contributed by atoms with Crippen LogP contribution in [0.1, 0.15) is 54.9 Å². The minimum absolute atomic E-state index is 0.146. The second kappa shape index (κ2) is 6.66. The number of amides is 1. The molecule has 1 atom stereocenters. The first-order valence-electron chi connectivity index (χ1n) is 5.84. The highest BCUT2D eigenvalue weighted by atomic mass is 32.1. The van der Waals surface area contributed by atoms with Crippen molar-refractivity contribution in [3.8, 4) is 0 Å². The van der Waals surface area contributed by atoms with Crippen molar-refractivity contribution in [2.75, 3.05) is 6.54 Å². The van der Waals surface area contributed by atoms with Gasteiger partial charge in [-0.3, -0.25) is 4.79 Å². The summed E-state index contributed by atoms with van der Waals surface area (Å²) in [6, 6.07) is 0. The van der Waals surface area contributed by atoms with E-state index in [0.29, 0.717) is 24.3 Å². The van der Waals surface area contributed by atoms with Crippen LogP contribution in [-0.2, 0) is 0 Å². The summed E-state index contributed by atoms with van der Waals surface area (Å²) in [5.74, 6) is 0.0442. The Hall–Kier alpha value is -1.01. The van der Waals surface area contributed by atoms with E-state index in [2.05, 4.69) is 14.9 Å². The lowest BCUT2D eigenvalue weighted by Crippen LogP contribution is -2.27. The van der Waals surface area contributed by atoms with Crippen molar-refractivity contribution >= 4 is 17.4 Å². The largest absolute Gasteiger partial charge is 0.393 e. The average molecular weight is 257 g/mol. The summed E-state index contributed by atoms with van der Waals surface area (Å²) in [4.78, 5) is 12.4.